The van der Waals surface area contributed by atoms with Gasteiger partial charge in [0, 0.05) is 15.7 Å². The number of aromatic nitrogens is 6. The summed E-state index contributed by atoms with van der Waals surface area (Å²) in [6.07, 6.45) is 3.09. The van der Waals surface area contributed by atoms with Gasteiger partial charge >= 0.3 is 5.97 Å². The van der Waals surface area contributed by atoms with Crippen LogP contribution in [0.25, 0.3) is 16.9 Å². The maximum Gasteiger partial charge on any atom is 0.361 e. The summed E-state index contributed by atoms with van der Waals surface area (Å²) in [6, 6.07) is 9.08. The molecule has 29 heavy (non-hydrogen) atoms. The SMILES string of the molecule is CCCc1c(C(=O)OCc2nc3ncc(Br)cc3[nH]2)nnn1-c1cccc(Cl)c1. The molecule has 0 atom stereocenters. The Morgan fingerprint density at radius 1 is 1.34 bits per heavy atom. The maximum atomic E-state index is 12.7. The van der Waals surface area contributed by atoms with Gasteiger partial charge in [0.15, 0.2) is 11.3 Å². The lowest BCUT2D eigenvalue weighted by atomic mass is 10.2. The van der Waals surface area contributed by atoms with Gasteiger partial charge in [0.25, 0.3) is 0 Å². The van der Waals surface area contributed by atoms with Crippen molar-refractivity contribution in [1.82, 2.24) is 29.9 Å². The molecule has 3 heterocycles. The highest BCUT2D eigenvalue weighted by atomic mass is 79.9. The van der Waals surface area contributed by atoms with Gasteiger partial charge in [-0.2, -0.15) is 0 Å². The Kier molecular flexibility index (Phi) is 5.59. The fourth-order valence-electron chi connectivity index (χ4n) is 2.93. The fourth-order valence-corrected chi connectivity index (χ4v) is 3.45. The molecular formula is C19H16BrClN6O2. The highest BCUT2D eigenvalue weighted by Gasteiger charge is 2.22. The van der Waals surface area contributed by atoms with Gasteiger partial charge in [0.05, 0.1) is 16.9 Å². The molecule has 148 valence electrons. The number of aromatic amines is 1. The van der Waals surface area contributed by atoms with Gasteiger partial charge in [-0.1, -0.05) is 36.2 Å². The van der Waals surface area contributed by atoms with E-state index in [0.29, 0.717) is 28.6 Å². The number of carbonyl (C=O) groups is 1. The first-order chi connectivity index (χ1) is 14.0. The number of halogens is 2. The molecule has 0 saturated heterocycles. The van der Waals surface area contributed by atoms with Crippen LogP contribution in [0.1, 0.15) is 35.4 Å². The number of hydrogen-bond acceptors (Lipinski definition) is 6. The number of pyridine rings is 1. The first-order valence-corrected chi connectivity index (χ1v) is 10.1. The monoisotopic (exact) mass is 474 g/mol. The molecule has 0 saturated carbocycles. The Hall–Kier alpha value is -2.78. The number of nitrogens with one attached hydrogen (secondary N) is 1. The minimum Gasteiger partial charge on any atom is -0.453 e. The number of rotatable bonds is 6. The van der Waals surface area contributed by atoms with Crippen molar-refractivity contribution in [2.75, 3.05) is 0 Å². The average molecular weight is 476 g/mol. The van der Waals surface area contributed by atoms with Crippen LogP contribution < -0.4 is 0 Å². The first-order valence-electron chi connectivity index (χ1n) is 8.93. The van der Waals surface area contributed by atoms with E-state index in [4.69, 9.17) is 16.3 Å². The number of fused-ring (bicyclic) bond motifs is 1. The van der Waals surface area contributed by atoms with Gasteiger partial charge in [-0.3, -0.25) is 0 Å². The predicted molar refractivity (Wildman–Crippen MR) is 111 cm³/mol. The van der Waals surface area contributed by atoms with Crippen molar-refractivity contribution in [1.29, 1.82) is 0 Å². The third-order valence-corrected chi connectivity index (χ3v) is 4.86. The number of H-pyrrole nitrogens is 1. The van der Waals surface area contributed by atoms with Crippen molar-refractivity contribution in [2.24, 2.45) is 0 Å². The zero-order valence-corrected chi connectivity index (χ0v) is 17.7. The molecule has 4 aromatic rings. The molecule has 0 spiro atoms. The maximum absolute atomic E-state index is 12.7. The Morgan fingerprint density at radius 3 is 3.00 bits per heavy atom. The number of esters is 1. The van der Waals surface area contributed by atoms with Gasteiger partial charge in [-0.25, -0.2) is 19.4 Å². The third kappa shape index (κ3) is 4.15. The van der Waals surface area contributed by atoms with E-state index in [-0.39, 0.29) is 12.3 Å². The summed E-state index contributed by atoms with van der Waals surface area (Å²) in [7, 11) is 0. The quantitative estimate of drug-likeness (QED) is 0.418. The lowest BCUT2D eigenvalue weighted by molar-refractivity contribution is 0.0455. The molecular weight excluding hydrogens is 460 g/mol. The summed E-state index contributed by atoms with van der Waals surface area (Å²) in [4.78, 5) is 24.3. The molecule has 4 rings (SSSR count). The largest absolute Gasteiger partial charge is 0.453 e. The number of carbonyl (C=O) groups excluding carboxylic acids is 1. The van der Waals surface area contributed by atoms with Crippen molar-refractivity contribution in [2.45, 2.75) is 26.4 Å². The first kappa shape index (κ1) is 19.5. The lowest BCUT2D eigenvalue weighted by Crippen LogP contribution is -2.11. The smallest absolute Gasteiger partial charge is 0.361 e. The molecule has 1 N–H and O–H groups in total. The van der Waals surface area contributed by atoms with Gasteiger partial charge in [-0.05, 0) is 46.6 Å². The van der Waals surface area contributed by atoms with E-state index < -0.39 is 5.97 Å². The van der Waals surface area contributed by atoms with E-state index in [0.717, 1.165) is 22.1 Å². The minimum atomic E-state index is -0.559. The number of benzene rings is 1. The molecule has 3 aromatic heterocycles. The van der Waals surface area contributed by atoms with Crippen LogP contribution in [0.15, 0.2) is 41.0 Å². The average Bonchev–Trinajstić information content (AvgIpc) is 3.30. The van der Waals surface area contributed by atoms with Crippen molar-refractivity contribution >= 4 is 44.7 Å². The summed E-state index contributed by atoms with van der Waals surface area (Å²) < 4.78 is 7.87. The minimum absolute atomic E-state index is 0.0254. The van der Waals surface area contributed by atoms with Crippen LogP contribution in [-0.4, -0.2) is 35.9 Å². The molecule has 0 aliphatic rings. The molecule has 8 nitrogen and oxygen atoms in total. The van der Waals surface area contributed by atoms with Crippen LogP contribution in [0.5, 0.6) is 0 Å². The summed E-state index contributed by atoms with van der Waals surface area (Å²) in [5, 5.41) is 8.77. The number of imidazole rings is 1. The number of nitrogens with zero attached hydrogens (tertiary/aromatic N) is 5. The van der Waals surface area contributed by atoms with E-state index in [9.17, 15) is 4.79 Å². The number of hydrogen-bond donors (Lipinski definition) is 1. The third-order valence-electron chi connectivity index (χ3n) is 4.19. The van der Waals surface area contributed by atoms with Crippen LogP contribution in [0.4, 0.5) is 0 Å². The molecule has 0 unspecified atom stereocenters. The highest BCUT2D eigenvalue weighted by molar-refractivity contribution is 9.10. The Bertz CT molecular complexity index is 1190. The van der Waals surface area contributed by atoms with E-state index in [1.54, 1.807) is 23.0 Å². The second kappa shape index (κ2) is 8.30. The normalized spacial score (nSPS) is 11.1. The predicted octanol–water partition coefficient (Wildman–Crippen LogP) is 4.26. The summed E-state index contributed by atoms with van der Waals surface area (Å²) >= 11 is 9.44. The summed E-state index contributed by atoms with van der Waals surface area (Å²) in [5.74, 6) is -0.0606. The molecule has 0 aliphatic carbocycles. The van der Waals surface area contributed by atoms with Gasteiger partial charge < -0.3 is 9.72 Å². The van der Waals surface area contributed by atoms with E-state index >= 15 is 0 Å². The topological polar surface area (TPSA) is 98.6 Å². The Morgan fingerprint density at radius 2 is 2.21 bits per heavy atom. The molecule has 1 aromatic carbocycles. The zero-order chi connectivity index (χ0) is 20.4. The lowest BCUT2D eigenvalue weighted by Gasteiger charge is -2.07. The van der Waals surface area contributed by atoms with Crippen molar-refractivity contribution in [3.05, 3.63) is 63.2 Å². The van der Waals surface area contributed by atoms with Crippen LogP contribution in [-0.2, 0) is 17.8 Å². The second-order valence-electron chi connectivity index (χ2n) is 6.31. The van der Waals surface area contributed by atoms with E-state index in [1.807, 2.05) is 25.1 Å². The molecule has 0 fully saturated rings. The molecule has 0 bridgehead atoms. The zero-order valence-electron chi connectivity index (χ0n) is 15.4. The van der Waals surface area contributed by atoms with Crippen LogP contribution >= 0.6 is 27.5 Å². The van der Waals surface area contributed by atoms with Crippen molar-refractivity contribution < 1.29 is 9.53 Å². The second-order valence-corrected chi connectivity index (χ2v) is 7.66. The van der Waals surface area contributed by atoms with Crippen molar-refractivity contribution in [3.63, 3.8) is 0 Å². The Balaban J connectivity index is 1.56. The van der Waals surface area contributed by atoms with Crippen LogP contribution in [0.3, 0.4) is 0 Å². The van der Waals surface area contributed by atoms with Gasteiger partial charge in [0.2, 0.25) is 0 Å². The standard InChI is InChI=1S/C19H16BrClN6O2/c1-2-4-15-17(25-26-27(15)13-6-3-5-12(21)8-13)19(28)29-10-16-23-14-7-11(20)9-22-18(14)24-16/h3,5-9H,2,4,10H2,1H3,(H,22,23,24). The van der Waals surface area contributed by atoms with Crippen LogP contribution in [0, 0.1) is 0 Å². The molecule has 10 heteroatoms. The van der Waals surface area contributed by atoms with E-state index in [1.165, 1.54) is 0 Å². The summed E-state index contributed by atoms with van der Waals surface area (Å²) in [6.45, 7) is 1.99. The highest BCUT2D eigenvalue weighted by Crippen LogP contribution is 2.20. The fraction of sp³-hybridized carbons (Fsp3) is 0.211. The van der Waals surface area contributed by atoms with Crippen LogP contribution in [0.2, 0.25) is 5.02 Å². The van der Waals surface area contributed by atoms with Gasteiger partial charge in [-0.15, -0.1) is 5.10 Å². The van der Waals surface area contributed by atoms with E-state index in [2.05, 4.69) is 41.2 Å². The van der Waals surface area contributed by atoms with Crippen molar-refractivity contribution in [3.8, 4) is 5.69 Å². The molecule has 0 radical (unpaired) electrons. The molecule has 0 aliphatic heterocycles. The molecule has 0 amide bonds. The number of ether oxygens (including phenoxy) is 1. The summed E-state index contributed by atoms with van der Waals surface area (Å²) in [5.41, 5.74) is 2.90. The van der Waals surface area contributed by atoms with Gasteiger partial charge in [0.1, 0.15) is 12.4 Å². The Labute approximate surface area is 179 Å².